The summed E-state index contributed by atoms with van der Waals surface area (Å²) in [6.45, 7) is 4.50. The molecule has 8 nitrogen and oxygen atoms in total. The number of amides is 3. The molecule has 1 heterocycles. The Hall–Kier alpha value is -4.33. The highest BCUT2D eigenvalue weighted by molar-refractivity contribution is 6.00. The second-order valence-electron chi connectivity index (χ2n) is 9.06. The second kappa shape index (κ2) is 11.6. The molecule has 0 radical (unpaired) electrons. The summed E-state index contributed by atoms with van der Waals surface area (Å²) >= 11 is 0. The first-order valence-corrected chi connectivity index (χ1v) is 12.1. The van der Waals surface area contributed by atoms with Crippen LogP contribution in [-0.4, -0.2) is 38.0 Å². The van der Waals surface area contributed by atoms with E-state index in [1.165, 1.54) is 0 Å². The summed E-state index contributed by atoms with van der Waals surface area (Å²) in [5, 5.41) is 5.73. The predicted molar refractivity (Wildman–Crippen MR) is 142 cm³/mol. The number of methoxy groups -OCH3 is 1. The molecule has 0 bridgehead atoms. The van der Waals surface area contributed by atoms with Crippen molar-refractivity contribution in [3.05, 3.63) is 83.4 Å². The van der Waals surface area contributed by atoms with Crippen molar-refractivity contribution in [3.8, 4) is 11.5 Å². The number of anilines is 2. The predicted octanol–water partition coefficient (Wildman–Crippen LogP) is 4.00. The van der Waals surface area contributed by atoms with Crippen molar-refractivity contribution >= 4 is 29.1 Å². The molecular weight excluding hydrogens is 470 g/mol. The number of hydrogen-bond donors (Lipinski definition) is 2. The van der Waals surface area contributed by atoms with Gasteiger partial charge in [0.05, 0.1) is 13.0 Å². The minimum atomic E-state index is -0.438. The molecule has 192 valence electrons. The second-order valence-corrected chi connectivity index (χ2v) is 9.06. The first-order chi connectivity index (χ1) is 17.8. The van der Waals surface area contributed by atoms with Crippen LogP contribution in [0.4, 0.5) is 11.4 Å². The highest BCUT2D eigenvalue weighted by atomic mass is 16.5. The molecule has 3 aromatic carbocycles. The normalized spacial score (nSPS) is 14.8. The smallest absolute Gasteiger partial charge is 0.262 e. The Kier molecular flexibility index (Phi) is 8.08. The number of benzene rings is 3. The SMILES string of the molecule is COc1ccccc1CNC(=O)[C@@H]1CC(=O)N(c2ccc(OCC(=O)Nc3ccc(C)c(C)c3)cc2)C1. The van der Waals surface area contributed by atoms with E-state index in [0.717, 1.165) is 22.4 Å². The quantitative estimate of drug-likeness (QED) is 0.462. The number of carbonyl (C=O) groups excluding carboxylic acids is 3. The summed E-state index contributed by atoms with van der Waals surface area (Å²) in [7, 11) is 1.59. The molecule has 0 aromatic heterocycles. The Morgan fingerprint density at radius 3 is 2.49 bits per heavy atom. The number of ether oxygens (including phenoxy) is 2. The molecule has 1 fully saturated rings. The van der Waals surface area contributed by atoms with E-state index in [1.54, 1.807) is 36.3 Å². The van der Waals surface area contributed by atoms with Crippen LogP contribution in [0.2, 0.25) is 0 Å². The third-order valence-electron chi connectivity index (χ3n) is 6.45. The lowest BCUT2D eigenvalue weighted by atomic mass is 10.1. The Bertz CT molecular complexity index is 1290. The van der Waals surface area contributed by atoms with Crippen LogP contribution >= 0.6 is 0 Å². The molecule has 0 saturated carbocycles. The Morgan fingerprint density at radius 2 is 1.76 bits per heavy atom. The maximum atomic E-state index is 12.7. The maximum absolute atomic E-state index is 12.7. The van der Waals surface area contributed by atoms with E-state index >= 15 is 0 Å². The van der Waals surface area contributed by atoms with Crippen molar-refractivity contribution in [1.82, 2.24) is 5.32 Å². The average molecular weight is 502 g/mol. The fraction of sp³-hybridized carbons (Fsp3) is 0.276. The zero-order valence-corrected chi connectivity index (χ0v) is 21.2. The van der Waals surface area contributed by atoms with Gasteiger partial charge in [0.1, 0.15) is 11.5 Å². The van der Waals surface area contributed by atoms with Crippen LogP contribution in [0.1, 0.15) is 23.1 Å². The molecule has 3 amide bonds. The number of hydrogen-bond acceptors (Lipinski definition) is 5. The van der Waals surface area contributed by atoms with Gasteiger partial charge in [-0.1, -0.05) is 24.3 Å². The number of carbonyl (C=O) groups is 3. The maximum Gasteiger partial charge on any atom is 0.262 e. The molecule has 1 aliphatic heterocycles. The van der Waals surface area contributed by atoms with Gasteiger partial charge in [-0.2, -0.15) is 0 Å². The van der Waals surface area contributed by atoms with Gasteiger partial charge >= 0.3 is 0 Å². The Morgan fingerprint density at radius 1 is 1.00 bits per heavy atom. The van der Waals surface area contributed by atoms with E-state index in [-0.39, 0.29) is 30.7 Å². The monoisotopic (exact) mass is 501 g/mol. The zero-order chi connectivity index (χ0) is 26.4. The summed E-state index contributed by atoms with van der Waals surface area (Å²) < 4.78 is 10.9. The molecule has 0 unspecified atom stereocenters. The first-order valence-electron chi connectivity index (χ1n) is 12.1. The molecule has 1 aliphatic rings. The lowest BCUT2D eigenvalue weighted by Crippen LogP contribution is -2.32. The largest absolute Gasteiger partial charge is 0.496 e. The van der Waals surface area contributed by atoms with Crippen molar-refractivity contribution in [1.29, 1.82) is 0 Å². The van der Waals surface area contributed by atoms with E-state index in [2.05, 4.69) is 10.6 Å². The number of nitrogens with zero attached hydrogens (tertiary/aromatic N) is 1. The van der Waals surface area contributed by atoms with E-state index in [0.29, 0.717) is 30.3 Å². The lowest BCUT2D eigenvalue weighted by molar-refractivity contribution is -0.126. The van der Waals surface area contributed by atoms with E-state index in [9.17, 15) is 14.4 Å². The van der Waals surface area contributed by atoms with E-state index < -0.39 is 5.92 Å². The third kappa shape index (κ3) is 6.46. The van der Waals surface area contributed by atoms with Crippen LogP contribution in [0.25, 0.3) is 0 Å². The molecule has 37 heavy (non-hydrogen) atoms. The molecule has 1 atom stereocenters. The van der Waals surface area contributed by atoms with Gasteiger partial charge in [0.2, 0.25) is 11.8 Å². The van der Waals surface area contributed by atoms with Gasteiger partial charge in [-0.15, -0.1) is 0 Å². The fourth-order valence-electron chi connectivity index (χ4n) is 4.20. The molecule has 2 N–H and O–H groups in total. The summed E-state index contributed by atoms with van der Waals surface area (Å²) in [5.74, 6) is 0.236. The van der Waals surface area contributed by atoms with Crippen molar-refractivity contribution in [2.24, 2.45) is 5.92 Å². The van der Waals surface area contributed by atoms with Crippen LogP contribution in [0.15, 0.2) is 66.7 Å². The molecule has 0 aliphatic carbocycles. The molecule has 4 rings (SSSR count). The van der Waals surface area contributed by atoms with Crippen LogP contribution in [-0.2, 0) is 20.9 Å². The van der Waals surface area contributed by atoms with Crippen molar-refractivity contribution < 1.29 is 23.9 Å². The highest BCUT2D eigenvalue weighted by Crippen LogP contribution is 2.27. The van der Waals surface area contributed by atoms with Gasteiger partial charge in [-0.25, -0.2) is 0 Å². The van der Waals surface area contributed by atoms with E-state index in [4.69, 9.17) is 9.47 Å². The van der Waals surface area contributed by atoms with Crippen molar-refractivity contribution in [2.45, 2.75) is 26.8 Å². The highest BCUT2D eigenvalue weighted by Gasteiger charge is 2.35. The molecule has 1 saturated heterocycles. The zero-order valence-electron chi connectivity index (χ0n) is 21.2. The summed E-state index contributed by atoms with van der Waals surface area (Å²) in [5.41, 5.74) is 4.53. The summed E-state index contributed by atoms with van der Waals surface area (Å²) in [6.07, 6.45) is 0.147. The molecule has 0 spiro atoms. The van der Waals surface area contributed by atoms with Crippen LogP contribution < -0.4 is 25.0 Å². The Balaban J connectivity index is 1.27. The van der Waals surface area contributed by atoms with Crippen molar-refractivity contribution in [2.75, 3.05) is 30.5 Å². The van der Waals surface area contributed by atoms with Gasteiger partial charge in [0, 0.05) is 36.4 Å². The number of rotatable bonds is 9. The standard InChI is InChI=1S/C29H31N3O5/c1-19-8-9-23(14-20(19)2)31-27(33)18-37-25-12-10-24(11-13-25)32-17-22(15-28(32)34)29(35)30-16-21-6-4-5-7-26(21)36-3/h4-14,22H,15-18H2,1-3H3,(H,30,35)(H,31,33)/t22-/m1/s1. The van der Waals surface area contributed by atoms with E-state index in [1.807, 2.05) is 56.3 Å². The first kappa shape index (κ1) is 25.8. The fourth-order valence-corrected chi connectivity index (χ4v) is 4.20. The van der Waals surface area contributed by atoms with Crippen LogP contribution in [0.3, 0.4) is 0 Å². The summed E-state index contributed by atoms with van der Waals surface area (Å²) in [4.78, 5) is 39.2. The van der Waals surface area contributed by atoms with Gasteiger partial charge < -0.3 is 25.0 Å². The van der Waals surface area contributed by atoms with Gasteiger partial charge in [0.25, 0.3) is 5.91 Å². The average Bonchev–Trinajstić information content (AvgIpc) is 3.30. The lowest BCUT2D eigenvalue weighted by Gasteiger charge is -2.17. The molecule has 8 heteroatoms. The van der Waals surface area contributed by atoms with Gasteiger partial charge in [-0.05, 0) is 67.4 Å². The molecule has 3 aromatic rings. The number of para-hydroxylation sites is 1. The summed E-state index contributed by atoms with van der Waals surface area (Å²) in [6, 6.07) is 20.1. The van der Waals surface area contributed by atoms with Crippen LogP contribution in [0, 0.1) is 19.8 Å². The van der Waals surface area contributed by atoms with Gasteiger partial charge in [0.15, 0.2) is 6.61 Å². The third-order valence-corrected chi connectivity index (χ3v) is 6.45. The topological polar surface area (TPSA) is 97.0 Å². The Labute approximate surface area is 216 Å². The van der Waals surface area contributed by atoms with Gasteiger partial charge in [-0.3, -0.25) is 14.4 Å². The van der Waals surface area contributed by atoms with Crippen molar-refractivity contribution in [3.63, 3.8) is 0 Å². The minimum absolute atomic E-state index is 0.112. The molecular formula is C29H31N3O5. The van der Waals surface area contributed by atoms with Crippen LogP contribution in [0.5, 0.6) is 11.5 Å². The number of aryl methyl sites for hydroxylation is 2. The minimum Gasteiger partial charge on any atom is -0.496 e. The number of nitrogens with one attached hydrogen (secondary N) is 2.